The zero-order valence-electron chi connectivity index (χ0n) is 13.0. The van der Waals surface area contributed by atoms with Gasteiger partial charge in [-0.25, -0.2) is 10.4 Å². The maximum atomic E-state index is 12.0. The van der Waals surface area contributed by atoms with Gasteiger partial charge in [-0.3, -0.25) is 4.79 Å². The second kappa shape index (κ2) is 6.78. The first-order valence-electron chi connectivity index (χ1n) is 7.36. The number of imidazole rings is 1. The third-order valence-corrected chi connectivity index (χ3v) is 3.56. The van der Waals surface area contributed by atoms with Crippen LogP contribution in [0.4, 0.5) is 0 Å². The van der Waals surface area contributed by atoms with Gasteiger partial charge in [0.1, 0.15) is 5.75 Å². The lowest BCUT2D eigenvalue weighted by Gasteiger charge is -2.06. The van der Waals surface area contributed by atoms with Gasteiger partial charge in [-0.15, -0.1) is 0 Å². The Hall–Kier alpha value is -3.41. The number of carbonyl (C=O) groups is 1. The van der Waals surface area contributed by atoms with Crippen LogP contribution in [0.25, 0.3) is 5.69 Å². The van der Waals surface area contributed by atoms with Crippen molar-refractivity contribution in [3.05, 3.63) is 78.4 Å². The molecule has 0 unspecified atom stereocenters. The molecule has 0 aliphatic rings. The third kappa shape index (κ3) is 3.33. The largest absolute Gasteiger partial charge is 0.507 e. The normalized spacial score (nSPS) is 11.3. The molecule has 1 aromatic heterocycles. The van der Waals surface area contributed by atoms with Gasteiger partial charge in [0.25, 0.3) is 5.91 Å². The standard InChI is InChI=1S/C18H16N4O2/c1-13(20-21-18(24)16-4-2-3-5-17(16)23)14-6-8-15(9-7-14)22-11-10-19-12-22/h2-12,23H,1H3,(H,21,24). The first-order chi connectivity index (χ1) is 11.6. The smallest absolute Gasteiger partial charge is 0.275 e. The molecule has 24 heavy (non-hydrogen) atoms. The second-order valence-electron chi connectivity index (χ2n) is 5.17. The van der Waals surface area contributed by atoms with E-state index >= 15 is 0 Å². The number of hydrogen-bond acceptors (Lipinski definition) is 4. The van der Waals surface area contributed by atoms with E-state index in [1.807, 2.05) is 35.0 Å². The van der Waals surface area contributed by atoms with Crippen LogP contribution in [0.5, 0.6) is 5.75 Å². The summed E-state index contributed by atoms with van der Waals surface area (Å²) in [6.07, 6.45) is 5.31. The molecule has 0 aliphatic heterocycles. The maximum Gasteiger partial charge on any atom is 0.275 e. The van der Waals surface area contributed by atoms with Crippen molar-refractivity contribution in [3.8, 4) is 11.4 Å². The number of rotatable bonds is 4. The van der Waals surface area contributed by atoms with E-state index in [1.54, 1.807) is 31.6 Å². The first kappa shape index (κ1) is 15.5. The highest BCUT2D eigenvalue weighted by molar-refractivity contribution is 6.01. The van der Waals surface area contributed by atoms with Crippen LogP contribution in [0, 0.1) is 0 Å². The fourth-order valence-corrected chi connectivity index (χ4v) is 2.21. The Morgan fingerprint density at radius 3 is 2.58 bits per heavy atom. The monoisotopic (exact) mass is 320 g/mol. The molecule has 0 fully saturated rings. The molecule has 0 radical (unpaired) electrons. The summed E-state index contributed by atoms with van der Waals surface area (Å²) < 4.78 is 1.90. The van der Waals surface area contributed by atoms with Crippen LogP contribution in [0.15, 0.2) is 72.4 Å². The number of phenolic OH excluding ortho intramolecular Hbond substituents is 1. The van der Waals surface area contributed by atoms with Crippen LogP contribution in [0.3, 0.4) is 0 Å². The van der Waals surface area contributed by atoms with Gasteiger partial charge in [-0.1, -0.05) is 24.3 Å². The summed E-state index contributed by atoms with van der Waals surface area (Å²) in [4.78, 5) is 16.0. The topological polar surface area (TPSA) is 79.5 Å². The molecule has 2 N–H and O–H groups in total. The van der Waals surface area contributed by atoms with Gasteiger partial charge >= 0.3 is 0 Å². The van der Waals surface area contributed by atoms with Gasteiger partial charge in [-0.2, -0.15) is 5.10 Å². The Morgan fingerprint density at radius 2 is 1.92 bits per heavy atom. The molecule has 2 aromatic carbocycles. The van der Waals surface area contributed by atoms with Crippen molar-refractivity contribution in [2.45, 2.75) is 6.92 Å². The third-order valence-electron chi connectivity index (χ3n) is 3.56. The molecule has 0 spiro atoms. The lowest BCUT2D eigenvalue weighted by atomic mass is 10.1. The Morgan fingerprint density at radius 1 is 1.17 bits per heavy atom. The molecule has 3 aromatic rings. The van der Waals surface area contributed by atoms with E-state index in [2.05, 4.69) is 15.5 Å². The molecule has 120 valence electrons. The van der Waals surface area contributed by atoms with E-state index in [4.69, 9.17) is 0 Å². The number of aromatic nitrogens is 2. The predicted molar refractivity (Wildman–Crippen MR) is 91.3 cm³/mol. The summed E-state index contributed by atoms with van der Waals surface area (Å²) in [6.45, 7) is 1.80. The average molecular weight is 320 g/mol. The van der Waals surface area contributed by atoms with Gasteiger partial charge in [0, 0.05) is 18.1 Å². The van der Waals surface area contributed by atoms with E-state index in [-0.39, 0.29) is 11.3 Å². The van der Waals surface area contributed by atoms with Crippen LogP contribution in [-0.4, -0.2) is 26.3 Å². The van der Waals surface area contributed by atoms with Crippen LogP contribution in [-0.2, 0) is 0 Å². The molecule has 6 heteroatoms. The number of amides is 1. The van der Waals surface area contributed by atoms with Crippen LogP contribution >= 0.6 is 0 Å². The van der Waals surface area contributed by atoms with Crippen molar-refractivity contribution in [2.24, 2.45) is 5.10 Å². The lowest BCUT2D eigenvalue weighted by Crippen LogP contribution is -2.19. The second-order valence-corrected chi connectivity index (χ2v) is 5.17. The lowest BCUT2D eigenvalue weighted by molar-refractivity contribution is 0.0952. The van der Waals surface area contributed by atoms with E-state index in [1.165, 1.54) is 12.1 Å². The van der Waals surface area contributed by atoms with Gasteiger partial charge < -0.3 is 9.67 Å². The van der Waals surface area contributed by atoms with E-state index in [9.17, 15) is 9.90 Å². The van der Waals surface area contributed by atoms with Crippen LogP contribution in [0.1, 0.15) is 22.8 Å². The summed E-state index contributed by atoms with van der Waals surface area (Å²) in [5, 5.41) is 13.8. The molecule has 0 saturated carbocycles. The van der Waals surface area contributed by atoms with E-state index < -0.39 is 5.91 Å². The fourth-order valence-electron chi connectivity index (χ4n) is 2.21. The highest BCUT2D eigenvalue weighted by atomic mass is 16.3. The number of phenols is 1. The number of para-hydroxylation sites is 1. The molecular weight excluding hydrogens is 304 g/mol. The van der Waals surface area contributed by atoms with Crippen molar-refractivity contribution in [1.29, 1.82) is 0 Å². The predicted octanol–water partition coefficient (Wildman–Crippen LogP) is 2.73. The summed E-state index contributed by atoms with van der Waals surface area (Å²) >= 11 is 0. The molecule has 6 nitrogen and oxygen atoms in total. The molecule has 1 heterocycles. The molecule has 0 bridgehead atoms. The number of benzene rings is 2. The number of nitrogens with zero attached hydrogens (tertiary/aromatic N) is 3. The van der Waals surface area contributed by atoms with E-state index in [0.717, 1.165) is 11.3 Å². The Bertz CT molecular complexity index is 868. The molecule has 0 saturated heterocycles. The summed E-state index contributed by atoms with van der Waals surface area (Å²) in [7, 11) is 0. The quantitative estimate of drug-likeness (QED) is 0.573. The number of hydrogen-bond donors (Lipinski definition) is 2. The molecule has 0 atom stereocenters. The van der Waals surface area contributed by atoms with Crippen molar-refractivity contribution in [1.82, 2.24) is 15.0 Å². The summed E-state index contributed by atoms with van der Waals surface area (Å²) in [6, 6.07) is 14.1. The van der Waals surface area contributed by atoms with Crippen molar-refractivity contribution >= 4 is 11.6 Å². The van der Waals surface area contributed by atoms with Crippen molar-refractivity contribution in [2.75, 3.05) is 0 Å². The number of nitrogens with one attached hydrogen (secondary N) is 1. The van der Waals surface area contributed by atoms with Gasteiger partial charge in [0.15, 0.2) is 0 Å². The minimum absolute atomic E-state index is 0.0764. The minimum Gasteiger partial charge on any atom is -0.507 e. The van der Waals surface area contributed by atoms with Crippen molar-refractivity contribution < 1.29 is 9.90 Å². The molecule has 0 aliphatic carbocycles. The number of carbonyl (C=O) groups excluding carboxylic acids is 1. The highest BCUT2D eigenvalue weighted by Gasteiger charge is 2.09. The highest BCUT2D eigenvalue weighted by Crippen LogP contribution is 2.15. The molecular formula is C18H16N4O2. The average Bonchev–Trinajstić information content (AvgIpc) is 3.14. The first-order valence-corrected chi connectivity index (χ1v) is 7.36. The maximum absolute atomic E-state index is 12.0. The molecule has 1 amide bonds. The van der Waals surface area contributed by atoms with Gasteiger partial charge in [-0.05, 0) is 36.8 Å². The Balaban J connectivity index is 1.72. The van der Waals surface area contributed by atoms with E-state index in [0.29, 0.717) is 5.71 Å². The SMILES string of the molecule is CC(=NNC(=O)c1ccccc1O)c1ccc(-n2ccnc2)cc1. The van der Waals surface area contributed by atoms with Crippen LogP contribution < -0.4 is 5.43 Å². The summed E-state index contributed by atoms with van der Waals surface area (Å²) in [5.74, 6) is -0.532. The molecule has 3 rings (SSSR count). The van der Waals surface area contributed by atoms with Crippen LogP contribution in [0.2, 0.25) is 0 Å². The Labute approximate surface area is 139 Å². The minimum atomic E-state index is -0.456. The Kier molecular flexibility index (Phi) is 4.38. The van der Waals surface area contributed by atoms with Crippen molar-refractivity contribution in [3.63, 3.8) is 0 Å². The number of aromatic hydroxyl groups is 1. The van der Waals surface area contributed by atoms with Gasteiger partial charge in [0.2, 0.25) is 0 Å². The zero-order chi connectivity index (χ0) is 16.9. The van der Waals surface area contributed by atoms with Gasteiger partial charge in [0.05, 0.1) is 17.6 Å². The fraction of sp³-hybridized carbons (Fsp3) is 0.0556. The number of hydrazone groups is 1. The zero-order valence-corrected chi connectivity index (χ0v) is 13.0. The summed E-state index contributed by atoms with van der Waals surface area (Å²) in [5.41, 5.74) is 5.18.